The minimum absolute atomic E-state index is 0.0950. The summed E-state index contributed by atoms with van der Waals surface area (Å²) in [6.45, 7) is 4.55. The van der Waals surface area contributed by atoms with Crippen LogP contribution in [0.5, 0.6) is 0 Å². The summed E-state index contributed by atoms with van der Waals surface area (Å²) in [6.07, 6.45) is -0.845. The van der Waals surface area contributed by atoms with Gasteiger partial charge in [0.15, 0.2) is 0 Å². The quantitative estimate of drug-likeness (QED) is 0.393. The number of hydrogen-bond acceptors (Lipinski definition) is 7. The average molecular weight is 429 g/mol. The molecule has 0 unspecified atom stereocenters. The summed E-state index contributed by atoms with van der Waals surface area (Å²) in [7, 11) is 0. The first kappa shape index (κ1) is 23.7. The van der Waals surface area contributed by atoms with Crippen LogP contribution in [-0.2, 0) is 20.9 Å². The van der Waals surface area contributed by atoms with E-state index in [1.54, 1.807) is 45.0 Å². The zero-order valence-corrected chi connectivity index (χ0v) is 17.7. The summed E-state index contributed by atoms with van der Waals surface area (Å²) in [5.74, 6) is -1.31. The Bertz CT molecular complexity index is 896. The van der Waals surface area contributed by atoms with Crippen molar-refractivity contribution in [2.75, 3.05) is 11.9 Å². The second-order valence-electron chi connectivity index (χ2n) is 7.60. The molecule has 2 aromatic rings. The predicted molar refractivity (Wildman–Crippen MR) is 114 cm³/mol. The number of benzene rings is 2. The Hall–Kier alpha value is -3.59. The smallest absolute Gasteiger partial charge is 0.426 e. The van der Waals surface area contributed by atoms with Crippen molar-refractivity contribution in [2.45, 2.75) is 39.0 Å². The summed E-state index contributed by atoms with van der Waals surface area (Å²) in [4.78, 5) is 36.5. The maximum atomic E-state index is 12.5. The van der Waals surface area contributed by atoms with Crippen molar-refractivity contribution >= 4 is 23.7 Å². The van der Waals surface area contributed by atoms with Crippen molar-refractivity contribution in [1.82, 2.24) is 10.9 Å². The highest BCUT2D eigenvalue weighted by atomic mass is 16.6. The molecule has 2 aromatic carbocycles. The molecule has 0 aliphatic carbocycles. The summed E-state index contributed by atoms with van der Waals surface area (Å²) in [5.41, 5.74) is 4.88. The van der Waals surface area contributed by atoms with Crippen LogP contribution >= 0.6 is 0 Å². The van der Waals surface area contributed by atoms with Crippen LogP contribution < -0.4 is 16.2 Å². The van der Waals surface area contributed by atoms with E-state index in [2.05, 4.69) is 16.2 Å². The number of anilines is 1. The molecule has 4 N–H and O–H groups in total. The molecule has 0 spiro atoms. The highest BCUT2D eigenvalue weighted by molar-refractivity contribution is 5.97. The molecule has 0 aliphatic heterocycles. The number of nitrogens with one attached hydrogen (secondary N) is 3. The number of hydrogen-bond donors (Lipinski definition) is 4. The lowest BCUT2D eigenvalue weighted by Gasteiger charge is -2.22. The van der Waals surface area contributed by atoms with Gasteiger partial charge in [0.1, 0.15) is 18.2 Å². The number of esters is 1. The summed E-state index contributed by atoms with van der Waals surface area (Å²) in [6, 6.07) is 14.5. The first-order valence-electron chi connectivity index (χ1n) is 9.66. The molecule has 9 nitrogen and oxygen atoms in total. The van der Waals surface area contributed by atoms with Crippen molar-refractivity contribution in [2.24, 2.45) is 0 Å². The highest BCUT2D eigenvalue weighted by Gasteiger charge is 2.22. The first-order valence-corrected chi connectivity index (χ1v) is 9.66. The number of amides is 2. The first-order chi connectivity index (χ1) is 14.7. The van der Waals surface area contributed by atoms with Crippen molar-refractivity contribution in [3.8, 4) is 0 Å². The van der Waals surface area contributed by atoms with Gasteiger partial charge < -0.3 is 19.9 Å². The summed E-state index contributed by atoms with van der Waals surface area (Å²) < 4.78 is 10.4. The Labute approximate surface area is 180 Å². The monoisotopic (exact) mass is 429 g/mol. The average Bonchev–Trinajstić information content (AvgIpc) is 2.74. The van der Waals surface area contributed by atoms with Crippen molar-refractivity contribution < 1.29 is 29.0 Å². The maximum absolute atomic E-state index is 12.5. The van der Waals surface area contributed by atoms with Gasteiger partial charge in [-0.1, -0.05) is 42.5 Å². The number of aliphatic hydroxyl groups excluding tert-OH is 1. The van der Waals surface area contributed by atoms with Crippen molar-refractivity contribution in [3.63, 3.8) is 0 Å². The third-order valence-corrected chi connectivity index (χ3v) is 3.88. The molecule has 0 aliphatic rings. The lowest BCUT2D eigenvalue weighted by atomic mass is 10.1. The van der Waals surface area contributed by atoms with E-state index >= 15 is 0 Å². The van der Waals surface area contributed by atoms with E-state index in [0.717, 1.165) is 5.56 Å². The normalized spacial score (nSPS) is 11.7. The van der Waals surface area contributed by atoms with Gasteiger partial charge in [0.2, 0.25) is 0 Å². The topological polar surface area (TPSA) is 126 Å². The summed E-state index contributed by atoms with van der Waals surface area (Å²) in [5, 5.41) is 12.4. The molecule has 0 bridgehead atoms. The predicted octanol–water partition coefficient (Wildman–Crippen LogP) is 2.37. The van der Waals surface area contributed by atoms with Gasteiger partial charge in [0.25, 0.3) is 5.91 Å². The highest BCUT2D eigenvalue weighted by Crippen LogP contribution is 2.18. The molecule has 0 radical (unpaired) electrons. The lowest BCUT2D eigenvalue weighted by molar-refractivity contribution is -0.123. The Morgan fingerprint density at radius 2 is 1.61 bits per heavy atom. The number of rotatable bonds is 7. The Kier molecular flexibility index (Phi) is 8.39. The van der Waals surface area contributed by atoms with Gasteiger partial charge in [0, 0.05) is 5.69 Å². The minimum Gasteiger partial charge on any atom is -0.457 e. The zero-order valence-electron chi connectivity index (χ0n) is 17.7. The molecule has 0 fully saturated rings. The zero-order chi connectivity index (χ0) is 22.9. The van der Waals surface area contributed by atoms with E-state index in [-0.39, 0.29) is 12.2 Å². The third kappa shape index (κ3) is 7.98. The Balaban J connectivity index is 1.99. The third-order valence-electron chi connectivity index (χ3n) is 3.88. The van der Waals surface area contributed by atoms with E-state index in [1.807, 2.05) is 30.3 Å². The molecule has 2 rings (SSSR count). The van der Waals surface area contributed by atoms with E-state index < -0.39 is 36.2 Å². The molecule has 2 amide bonds. The number of hydrazine groups is 1. The number of para-hydroxylation sites is 1. The van der Waals surface area contributed by atoms with Crippen LogP contribution in [0.2, 0.25) is 0 Å². The van der Waals surface area contributed by atoms with E-state index in [1.165, 1.54) is 0 Å². The maximum Gasteiger partial charge on any atom is 0.426 e. The SMILES string of the molecule is CC(C)(C)OC(=O)NNC(=O)[C@H](CO)Nc1ccccc1C(=O)OCc1ccccc1. The van der Waals surface area contributed by atoms with Crippen molar-refractivity contribution in [1.29, 1.82) is 0 Å². The van der Waals surface area contributed by atoms with Crippen molar-refractivity contribution in [3.05, 3.63) is 65.7 Å². The fourth-order valence-electron chi connectivity index (χ4n) is 2.47. The molecular weight excluding hydrogens is 402 g/mol. The largest absolute Gasteiger partial charge is 0.457 e. The van der Waals surface area contributed by atoms with Gasteiger partial charge in [0.05, 0.1) is 12.2 Å². The van der Waals surface area contributed by atoms with E-state index in [4.69, 9.17) is 9.47 Å². The van der Waals surface area contributed by atoms with Gasteiger partial charge in [-0.3, -0.25) is 10.2 Å². The van der Waals surface area contributed by atoms with E-state index in [9.17, 15) is 19.5 Å². The summed E-state index contributed by atoms with van der Waals surface area (Å²) >= 11 is 0. The number of aliphatic hydroxyl groups is 1. The van der Waals surface area contributed by atoms with Crippen LogP contribution in [0.3, 0.4) is 0 Å². The lowest BCUT2D eigenvalue weighted by Crippen LogP contribution is -2.51. The minimum atomic E-state index is -1.14. The van der Waals surface area contributed by atoms with Gasteiger partial charge in [-0.15, -0.1) is 0 Å². The fourth-order valence-corrected chi connectivity index (χ4v) is 2.47. The molecule has 166 valence electrons. The number of carbonyl (C=O) groups excluding carboxylic acids is 3. The van der Waals surface area contributed by atoms with Crippen LogP contribution in [0.15, 0.2) is 54.6 Å². The molecule has 0 aromatic heterocycles. The van der Waals surface area contributed by atoms with Gasteiger partial charge in [-0.25, -0.2) is 15.0 Å². The second-order valence-corrected chi connectivity index (χ2v) is 7.60. The van der Waals surface area contributed by atoms with Crippen LogP contribution in [-0.4, -0.2) is 41.3 Å². The molecule has 1 atom stereocenters. The van der Waals surface area contributed by atoms with Gasteiger partial charge >= 0.3 is 12.1 Å². The number of ether oxygens (including phenoxy) is 2. The molecule has 9 heteroatoms. The second kappa shape index (κ2) is 11.0. The fraction of sp³-hybridized carbons (Fsp3) is 0.318. The standard InChI is InChI=1S/C22H27N3O6/c1-22(2,3)31-21(29)25-24-19(27)18(13-26)23-17-12-8-7-11-16(17)20(28)30-14-15-9-5-4-6-10-15/h4-12,18,23,26H,13-14H2,1-3H3,(H,24,27)(H,25,29)/t18-/m0/s1. The van der Waals surface area contributed by atoms with E-state index in [0.29, 0.717) is 5.69 Å². The Morgan fingerprint density at radius 1 is 0.968 bits per heavy atom. The van der Waals surface area contributed by atoms with Crippen LogP contribution in [0, 0.1) is 0 Å². The van der Waals surface area contributed by atoms with Crippen LogP contribution in [0.1, 0.15) is 36.7 Å². The van der Waals surface area contributed by atoms with Gasteiger partial charge in [-0.05, 0) is 38.5 Å². The van der Waals surface area contributed by atoms with Gasteiger partial charge in [-0.2, -0.15) is 0 Å². The van der Waals surface area contributed by atoms with Crippen LogP contribution in [0.25, 0.3) is 0 Å². The molecule has 0 heterocycles. The molecule has 0 saturated heterocycles. The molecule has 31 heavy (non-hydrogen) atoms. The number of carbonyl (C=O) groups is 3. The molecule has 0 saturated carbocycles. The Morgan fingerprint density at radius 3 is 2.26 bits per heavy atom. The van der Waals surface area contributed by atoms with Crippen LogP contribution in [0.4, 0.5) is 10.5 Å². The molecular formula is C22H27N3O6.